The molecule has 5 aromatic rings. The first-order chi connectivity index (χ1) is 23.3. The van der Waals surface area contributed by atoms with Gasteiger partial charge in [-0.3, -0.25) is 4.90 Å². The van der Waals surface area contributed by atoms with E-state index in [2.05, 4.69) is 21.6 Å². The van der Waals surface area contributed by atoms with E-state index in [1.165, 1.54) is 42.7 Å². The normalized spacial score (nSPS) is 26.7. The summed E-state index contributed by atoms with van der Waals surface area (Å²) in [6.07, 6.45) is 4.33. The zero-order chi connectivity index (χ0) is 32.4. The highest BCUT2D eigenvalue weighted by Crippen LogP contribution is 2.70. The summed E-state index contributed by atoms with van der Waals surface area (Å²) < 4.78 is 44.9. The number of nitrogens with zero attached hydrogens (tertiary/aromatic N) is 2. The van der Waals surface area contributed by atoms with Gasteiger partial charge in [0.1, 0.15) is 17.2 Å². The maximum absolute atomic E-state index is 14.0. The summed E-state index contributed by atoms with van der Waals surface area (Å²) in [5, 5.41) is 13.1. The average molecular weight is 665 g/mol. The Balaban J connectivity index is 1.23. The third-order valence-electron chi connectivity index (χ3n) is 12.0. The average Bonchev–Trinajstić information content (AvgIpc) is 3.77. The Kier molecular flexibility index (Phi) is 6.23. The van der Waals surface area contributed by atoms with E-state index in [1.54, 1.807) is 18.2 Å². The predicted molar refractivity (Wildman–Crippen MR) is 180 cm³/mol. The van der Waals surface area contributed by atoms with Gasteiger partial charge >= 0.3 is 0 Å². The number of likely N-dealkylation sites (tertiary alicyclic amines) is 1. The number of phenols is 1. The van der Waals surface area contributed by atoms with Crippen molar-refractivity contribution in [2.75, 3.05) is 13.1 Å². The van der Waals surface area contributed by atoms with Crippen LogP contribution in [-0.2, 0) is 36.1 Å². The molecule has 10 rings (SSSR count). The van der Waals surface area contributed by atoms with Crippen molar-refractivity contribution in [3.63, 3.8) is 0 Å². The maximum atomic E-state index is 14.0. The summed E-state index contributed by atoms with van der Waals surface area (Å²) in [5.41, 5.74) is 6.15. The molecule has 1 spiro atoms. The van der Waals surface area contributed by atoms with Gasteiger partial charge in [-0.1, -0.05) is 41.9 Å². The van der Waals surface area contributed by atoms with Crippen LogP contribution in [0, 0.1) is 17.6 Å². The standard InChI is InChI=1S/C40H35ClF2N2O3/c41-27-8-13-32-30(18-27)31-19-40(47-22-25-5-11-29(43)12-6-25)34-17-26-7-14-33(46)37-35(26)39(40,15-16-44(34)20-23-1-2-23)38(48-37)36(31)45(32)21-24-3-9-28(42)10-4-24/h3-14,18,23,34,38,46H,1-2,15-17,19-22H2/t34-,38-,39-,40+/m0/s1. The molecule has 3 heterocycles. The number of rotatable bonds is 7. The minimum absolute atomic E-state index is 0.0734. The van der Waals surface area contributed by atoms with Crippen LogP contribution >= 0.6 is 11.6 Å². The van der Waals surface area contributed by atoms with Crippen LogP contribution in [0.1, 0.15) is 58.9 Å². The Morgan fingerprint density at radius 1 is 0.938 bits per heavy atom. The molecule has 3 aliphatic carbocycles. The number of benzene rings is 4. The predicted octanol–water partition coefficient (Wildman–Crippen LogP) is 8.25. The van der Waals surface area contributed by atoms with Crippen molar-refractivity contribution in [2.24, 2.45) is 5.92 Å². The van der Waals surface area contributed by atoms with Crippen molar-refractivity contribution in [3.8, 4) is 11.5 Å². The molecule has 5 aliphatic rings. The fraction of sp³-hybridized carbons (Fsp3) is 0.350. The van der Waals surface area contributed by atoms with Gasteiger partial charge in [0.2, 0.25) is 0 Å². The van der Waals surface area contributed by atoms with Crippen LogP contribution in [-0.4, -0.2) is 39.3 Å². The SMILES string of the molecule is Oc1ccc2c3c1O[C@H]1c4c(c5cc(Cl)ccc5n4Cc4ccc(F)cc4)C[C@@]4(OCc5ccc(F)cc5)[C@H](C2)N(CC2CC2)CC[C@]314. The summed E-state index contributed by atoms with van der Waals surface area (Å²) >= 11 is 6.72. The first-order valence-electron chi connectivity index (χ1n) is 17.0. The molecule has 48 heavy (non-hydrogen) atoms. The lowest BCUT2D eigenvalue weighted by molar-refractivity contribution is -0.211. The summed E-state index contributed by atoms with van der Waals surface area (Å²) in [7, 11) is 0. The van der Waals surface area contributed by atoms with E-state index in [9.17, 15) is 13.9 Å². The number of hydrogen-bond acceptors (Lipinski definition) is 4. The molecule has 0 radical (unpaired) electrons. The van der Waals surface area contributed by atoms with Crippen LogP contribution in [0.5, 0.6) is 11.5 Å². The molecule has 1 N–H and O–H groups in total. The van der Waals surface area contributed by atoms with Gasteiger partial charge in [0.15, 0.2) is 17.6 Å². The second-order valence-electron chi connectivity index (χ2n) is 14.5. The van der Waals surface area contributed by atoms with Gasteiger partial charge in [-0.25, -0.2) is 8.78 Å². The number of aromatic hydroxyl groups is 1. The highest BCUT2D eigenvalue weighted by atomic mass is 35.5. The van der Waals surface area contributed by atoms with Crippen molar-refractivity contribution in [1.82, 2.24) is 9.47 Å². The number of aromatic nitrogens is 1. The van der Waals surface area contributed by atoms with Crippen molar-refractivity contribution in [2.45, 2.75) is 68.4 Å². The molecule has 244 valence electrons. The molecule has 4 atom stereocenters. The van der Waals surface area contributed by atoms with Gasteiger partial charge in [-0.2, -0.15) is 0 Å². The van der Waals surface area contributed by atoms with Crippen LogP contribution in [0.25, 0.3) is 10.9 Å². The van der Waals surface area contributed by atoms with Gasteiger partial charge in [-0.05, 0) is 109 Å². The topological polar surface area (TPSA) is 46.9 Å². The molecule has 0 amide bonds. The first-order valence-corrected chi connectivity index (χ1v) is 17.4. The van der Waals surface area contributed by atoms with E-state index >= 15 is 0 Å². The molecule has 5 nitrogen and oxygen atoms in total. The van der Waals surface area contributed by atoms with E-state index in [0.717, 1.165) is 64.8 Å². The van der Waals surface area contributed by atoms with Crippen molar-refractivity contribution < 1.29 is 23.4 Å². The summed E-state index contributed by atoms with van der Waals surface area (Å²) in [6.45, 7) is 2.81. The Labute approximate surface area is 282 Å². The zero-order valence-corrected chi connectivity index (χ0v) is 27.1. The quantitative estimate of drug-likeness (QED) is 0.190. The van der Waals surface area contributed by atoms with E-state index in [-0.39, 0.29) is 23.4 Å². The second kappa shape index (κ2) is 10.3. The molecule has 2 bridgehead atoms. The third-order valence-corrected chi connectivity index (χ3v) is 12.2. The molecule has 1 saturated carbocycles. The molecular formula is C40H35ClF2N2O3. The Bertz CT molecular complexity index is 2110. The van der Waals surface area contributed by atoms with Crippen LogP contribution in [0.2, 0.25) is 5.02 Å². The maximum Gasteiger partial charge on any atom is 0.166 e. The van der Waals surface area contributed by atoms with E-state index in [0.29, 0.717) is 36.3 Å². The number of hydrogen-bond donors (Lipinski definition) is 1. The minimum Gasteiger partial charge on any atom is -0.504 e. The van der Waals surface area contributed by atoms with Crippen molar-refractivity contribution in [1.29, 1.82) is 0 Å². The molecule has 4 aromatic carbocycles. The second-order valence-corrected chi connectivity index (χ2v) is 15.0. The third kappa shape index (κ3) is 4.01. The van der Waals surface area contributed by atoms with Gasteiger partial charge in [0.05, 0.1) is 17.7 Å². The molecule has 1 aromatic heterocycles. The Morgan fingerprint density at radius 2 is 1.69 bits per heavy atom. The van der Waals surface area contributed by atoms with Gasteiger partial charge < -0.3 is 19.1 Å². The monoisotopic (exact) mass is 664 g/mol. The molecule has 2 aliphatic heterocycles. The zero-order valence-electron chi connectivity index (χ0n) is 26.4. The lowest BCUT2D eigenvalue weighted by Gasteiger charge is -2.64. The Morgan fingerprint density at radius 3 is 2.44 bits per heavy atom. The lowest BCUT2D eigenvalue weighted by atomic mass is 9.48. The van der Waals surface area contributed by atoms with Crippen molar-refractivity contribution >= 4 is 22.5 Å². The molecule has 0 unspecified atom stereocenters. The highest BCUT2D eigenvalue weighted by Gasteiger charge is 2.74. The number of piperidine rings is 1. The van der Waals surface area contributed by atoms with Crippen molar-refractivity contribution in [3.05, 3.63) is 129 Å². The van der Waals surface area contributed by atoms with E-state index in [1.807, 2.05) is 24.3 Å². The number of ether oxygens (including phenoxy) is 2. The number of phenolic OH excluding ortho intramolecular Hbond substituents is 1. The smallest absolute Gasteiger partial charge is 0.166 e. The van der Waals surface area contributed by atoms with E-state index in [4.69, 9.17) is 21.1 Å². The molecular weight excluding hydrogens is 630 g/mol. The van der Waals surface area contributed by atoms with E-state index < -0.39 is 17.1 Å². The van der Waals surface area contributed by atoms with Gasteiger partial charge in [0, 0.05) is 47.0 Å². The molecule has 2 fully saturated rings. The number of fused-ring (bicyclic) bond motifs is 4. The highest BCUT2D eigenvalue weighted by molar-refractivity contribution is 6.31. The van der Waals surface area contributed by atoms with Crippen LogP contribution in [0.3, 0.4) is 0 Å². The summed E-state index contributed by atoms with van der Waals surface area (Å²) in [6, 6.07) is 23.3. The molecule has 1 saturated heterocycles. The van der Waals surface area contributed by atoms with Gasteiger partial charge in [0.25, 0.3) is 0 Å². The Hall–Kier alpha value is -3.91. The number of halogens is 3. The summed E-state index contributed by atoms with van der Waals surface area (Å²) in [4.78, 5) is 2.67. The van der Waals surface area contributed by atoms with Crippen LogP contribution in [0.4, 0.5) is 8.78 Å². The fourth-order valence-electron chi connectivity index (χ4n) is 9.80. The summed E-state index contributed by atoms with van der Waals surface area (Å²) in [5.74, 6) is 0.874. The fourth-order valence-corrected chi connectivity index (χ4v) is 9.98. The van der Waals surface area contributed by atoms with Crippen LogP contribution < -0.4 is 4.74 Å². The minimum atomic E-state index is -0.699. The van der Waals surface area contributed by atoms with Gasteiger partial charge in [-0.15, -0.1) is 0 Å². The first kappa shape index (κ1) is 29.0. The molecule has 8 heteroatoms. The lowest BCUT2D eigenvalue weighted by Crippen LogP contribution is -2.75. The van der Waals surface area contributed by atoms with Crippen LogP contribution in [0.15, 0.2) is 78.9 Å². The largest absolute Gasteiger partial charge is 0.504 e.